The Morgan fingerprint density at radius 1 is 1.48 bits per heavy atom. The summed E-state index contributed by atoms with van der Waals surface area (Å²) in [5.41, 5.74) is 6.58. The molecule has 1 aliphatic rings. The first-order valence-corrected chi connectivity index (χ1v) is 7.35. The molecule has 3 N–H and O–H groups in total. The number of carbonyl (C=O) groups excluding carboxylic acids is 1. The van der Waals surface area contributed by atoms with E-state index in [0.29, 0.717) is 18.9 Å². The van der Waals surface area contributed by atoms with Gasteiger partial charge in [-0.05, 0) is 48.9 Å². The van der Waals surface area contributed by atoms with Gasteiger partial charge in [0, 0.05) is 12.5 Å². The van der Waals surface area contributed by atoms with Gasteiger partial charge in [-0.2, -0.15) is 0 Å². The molecule has 3 nitrogen and oxygen atoms in total. The third kappa shape index (κ3) is 4.97. The first-order chi connectivity index (χ1) is 9.60. The molecule has 0 aromatic heterocycles. The van der Waals surface area contributed by atoms with Crippen LogP contribution < -0.4 is 11.1 Å². The van der Waals surface area contributed by atoms with E-state index in [-0.39, 0.29) is 36.1 Å². The van der Waals surface area contributed by atoms with Crippen LogP contribution in [0.15, 0.2) is 24.3 Å². The zero-order valence-electron chi connectivity index (χ0n) is 12.3. The van der Waals surface area contributed by atoms with Gasteiger partial charge >= 0.3 is 0 Å². The minimum absolute atomic E-state index is 0. The Morgan fingerprint density at radius 2 is 2.24 bits per heavy atom. The minimum atomic E-state index is -0.256. The Kier molecular flexibility index (Phi) is 7.12. The van der Waals surface area contributed by atoms with Crippen LogP contribution in [0.1, 0.15) is 44.1 Å². The largest absolute Gasteiger partial charge is 0.353 e. The lowest BCUT2D eigenvalue weighted by Crippen LogP contribution is -2.40. The van der Waals surface area contributed by atoms with Gasteiger partial charge in [0.2, 0.25) is 5.91 Å². The summed E-state index contributed by atoms with van der Waals surface area (Å²) in [6.45, 7) is 2.58. The van der Waals surface area contributed by atoms with Gasteiger partial charge in [-0.3, -0.25) is 4.79 Å². The molecule has 2 rings (SSSR count). The average Bonchev–Trinajstić information content (AvgIpc) is 2.85. The fourth-order valence-electron chi connectivity index (χ4n) is 2.98. The third-order valence-electron chi connectivity index (χ3n) is 4.22. The molecule has 118 valence electrons. The van der Waals surface area contributed by atoms with Crippen molar-refractivity contribution in [2.24, 2.45) is 11.7 Å². The molecule has 0 spiro atoms. The second-order valence-electron chi connectivity index (χ2n) is 5.76. The number of carbonyl (C=O) groups is 1. The Labute approximate surface area is 131 Å². The highest BCUT2D eigenvalue weighted by molar-refractivity contribution is 5.85. The summed E-state index contributed by atoms with van der Waals surface area (Å²) in [6.07, 6.45) is 3.63. The van der Waals surface area contributed by atoms with Gasteiger partial charge in [-0.25, -0.2) is 4.39 Å². The van der Waals surface area contributed by atoms with Crippen molar-refractivity contribution < 1.29 is 9.18 Å². The Morgan fingerprint density at radius 3 is 2.90 bits per heavy atom. The first-order valence-electron chi connectivity index (χ1n) is 7.35. The molecular weight excluding hydrogens is 291 g/mol. The van der Waals surface area contributed by atoms with Crippen LogP contribution in [0.4, 0.5) is 4.39 Å². The van der Waals surface area contributed by atoms with E-state index in [1.165, 1.54) is 12.1 Å². The van der Waals surface area contributed by atoms with E-state index in [1.54, 1.807) is 6.07 Å². The van der Waals surface area contributed by atoms with Gasteiger partial charge in [0.25, 0.3) is 0 Å². The molecule has 3 unspecified atom stereocenters. The molecule has 1 fully saturated rings. The zero-order chi connectivity index (χ0) is 14.5. The fraction of sp³-hybridized carbons (Fsp3) is 0.562. The van der Waals surface area contributed by atoms with E-state index in [4.69, 9.17) is 5.73 Å². The highest BCUT2D eigenvalue weighted by Gasteiger charge is 2.27. The second-order valence-corrected chi connectivity index (χ2v) is 5.76. The molecule has 0 bridgehead atoms. The van der Waals surface area contributed by atoms with E-state index in [1.807, 2.05) is 13.0 Å². The number of amides is 1. The quantitative estimate of drug-likeness (QED) is 0.878. The van der Waals surface area contributed by atoms with Crippen LogP contribution in [-0.4, -0.2) is 18.5 Å². The molecule has 1 aromatic rings. The molecule has 5 heteroatoms. The van der Waals surface area contributed by atoms with Crippen molar-refractivity contribution in [1.29, 1.82) is 0 Å². The SMILES string of the molecule is CC(CC(=O)NC1CCCC1CN)c1cccc(F)c1.Cl. The van der Waals surface area contributed by atoms with Crippen molar-refractivity contribution in [3.05, 3.63) is 35.6 Å². The van der Waals surface area contributed by atoms with Gasteiger partial charge in [-0.1, -0.05) is 25.5 Å². The number of nitrogens with one attached hydrogen (secondary N) is 1. The summed E-state index contributed by atoms with van der Waals surface area (Å²) in [4.78, 5) is 12.1. The molecule has 1 aromatic carbocycles. The molecule has 0 radical (unpaired) electrons. The van der Waals surface area contributed by atoms with Gasteiger partial charge in [0.1, 0.15) is 5.82 Å². The summed E-state index contributed by atoms with van der Waals surface area (Å²) < 4.78 is 13.2. The molecule has 0 saturated heterocycles. The van der Waals surface area contributed by atoms with E-state index in [9.17, 15) is 9.18 Å². The number of rotatable bonds is 5. The summed E-state index contributed by atoms with van der Waals surface area (Å²) in [5.74, 6) is 0.202. The number of halogens is 2. The van der Waals surface area contributed by atoms with Gasteiger partial charge in [0.15, 0.2) is 0 Å². The zero-order valence-corrected chi connectivity index (χ0v) is 13.2. The van der Waals surface area contributed by atoms with E-state index < -0.39 is 0 Å². The van der Waals surface area contributed by atoms with E-state index in [0.717, 1.165) is 24.8 Å². The maximum atomic E-state index is 13.2. The summed E-state index contributed by atoms with van der Waals surface area (Å²) >= 11 is 0. The lowest BCUT2D eigenvalue weighted by atomic mass is 9.96. The van der Waals surface area contributed by atoms with Crippen molar-refractivity contribution in [2.75, 3.05) is 6.54 Å². The van der Waals surface area contributed by atoms with Crippen LogP contribution in [0.25, 0.3) is 0 Å². The molecule has 1 amide bonds. The average molecular weight is 315 g/mol. The number of nitrogens with two attached hydrogens (primary N) is 1. The predicted octanol–water partition coefficient (Wildman–Crippen LogP) is 2.98. The minimum Gasteiger partial charge on any atom is -0.353 e. The molecule has 3 atom stereocenters. The van der Waals surface area contributed by atoms with E-state index in [2.05, 4.69) is 5.32 Å². The molecule has 0 heterocycles. The fourth-order valence-corrected chi connectivity index (χ4v) is 2.98. The molecule has 1 aliphatic carbocycles. The standard InChI is InChI=1S/C16H23FN2O.ClH/c1-11(12-4-2-6-14(17)9-12)8-16(20)19-15-7-3-5-13(15)10-18;/h2,4,6,9,11,13,15H,3,5,7-8,10,18H2,1H3,(H,19,20);1H. The molecule has 1 saturated carbocycles. The number of hydrogen-bond acceptors (Lipinski definition) is 2. The maximum Gasteiger partial charge on any atom is 0.220 e. The van der Waals surface area contributed by atoms with Crippen molar-refractivity contribution in [2.45, 2.75) is 44.6 Å². The first kappa shape index (κ1) is 17.9. The van der Waals surface area contributed by atoms with Crippen molar-refractivity contribution >= 4 is 18.3 Å². The van der Waals surface area contributed by atoms with Crippen LogP contribution in [0.5, 0.6) is 0 Å². The van der Waals surface area contributed by atoms with Crippen LogP contribution in [0.2, 0.25) is 0 Å². The molecular formula is C16H24ClFN2O. The summed E-state index contributed by atoms with van der Waals surface area (Å²) in [7, 11) is 0. The normalized spacial score (nSPS) is 22.4. The second kappa shape index (κ2) is 8.35. The predicted molar refractivity (Wildman–Crippen MR) is 85.0 cm³/mol. The lowest BCUT2D eigenvalue weighted by Gasteiger charge is -2.20. The van der Waals surface area contributed by atoms with Crippen LogP contribution in [0.3, 0.4) is 0 Å². The Bertz CT molecular complexity index is 469. The monoisotopic (exact) mass is 314 g/mol. The number of benzene rings is 1. The lowest BCUT2D eigenvalue weighted by molar-refractivity contribution is -0.122. The van der Waals surface area contributed by atoms with Crippen LogP contribution >= 0.6 is 12.4 Å². The van der Waals surface area contributed by atoms with Crippen LogP contribution in [-0.2, 0) is 4.79 Å². The highest BCUT2D eigenvalue weighted by atomic mass is 35.5. The molecule has 21 heavy (non-hydrogen) atoms. The summed E-state index contributed by atoms with van der Waals surface area (Å²) in [6, 6.07) is 6.67. The summed E-state index contributed by atoms with van der Waals surface area (Å²) in [5, 5.41) is 3.08. The maximum absolute atomic E-state index is 13.2. The van der Waals surface area contributed by atoms with Crippen molar-refractivity contribution in [3.8, 4) is 0 Å². The Balaban J connectivity index is 0.00000220. The van der Waals surface area contributed by atoms with E-state index >= 15 is 0 Å². The van der Waals surface area contributed by atoms with Gasteiger partial charge in [0.05, 0.1) is 0 Å². The van der Waals surface area contributed by atoms with Gasteiger partial charge < -0.3 is 11.1 Å². The van der Waals surface area contributed by atoms with Crippen LogP contribution in [0, 0.1) is 11.7 Å². The van der Waals surface area contributed by atoms with Gasteiger partial charge in [-0.15, -0.1) is 12.4 Å². The third-order valence-corrected chi connectivity index (χ3v) is 4.22. The molecule has 0 aliphatic heterocycles. The van der Waals surface area contributed by atoms with Crippen molar-refractivity contribution in [1.82, 2.24) is 5.32 Å². The van der Waals surface area contributed by atoms with Crippen molar-refractivity contribution in [3.63, 3.8) is 0 Å². The number of hydrogen-bond donors (Lipinski definition) is 2. The highest BCUT2D eigenvalue weighted by Crippen LogP contribution is 2.25. The topological polar surface area (TPSA) is 55.1 Å². The smallest absolute Gasteiger partial charge is 0.220 e. The Hall–Kier alpha value is -1.13.